The molecule has 0 amide bonds. The predicted octanol–water partition coefficient (Wildman–Crippen LogP) is 4.23. The van der Waals surface area contributed by atoms with Crippen molar-refractivity contribution in [1.29, 1.82) is 5.26 Å². The van der Waals surface area contributed by atoms with Gasteiger partial charge in [-0.15, -0.1) is 0 Å². The Morgan fingerprint density at radius 2 is 2.00 bits per heavy atom. The highest BCUT2D eigenvalue weighted by Crippen LogP contribution is 2.38. The molecule has 5 nitrogen and oxygen atoms in total. The molecule has 1 aromatic heterocycles. The summed E-state index contributed by atoms with van der Waals surface area (Å²) in [7, 11) is 1.18. The summed E-state index contributed by atoms with van der Waals surface area (Å²) in [5.41, 5.74) is 0.984. The first-order valence-corrected chi connectivity index (χ1v) is 7.52. The molecule has 0 bridgehead atoms. The van der Waals surface area contributed by atoms with Crippen molar-refractivity contribution in [3.05, 3.63) is 53.2 Å². The number of nitrogens with zero attached hydrogens (tertiary/aromatic N) is 4. The number of methoxy groups -OCH3 is 1. The average molecular weight is 361 g/mol. The molecule has 8 heteroatoms. The van der Waals surface area contributed by atoms with Gasteiger partial charge < -0.3 is 9.64 Å². The predicted molar refractivity (Wildman–Crippen MR) is 90.1 cm³/mol. The van der Waals surface area contributed by atoms with Crippen LogP contribution in [0.4, 0.5) is 20.3 Å². The van der Waals surface area contributed by atoms with E-state index in [1.807, 2.05) is 12.1 Å². The Morgan fingerprint density at radius 1 is 1.28 bits per heavy atom. The second-order valence-electron chi connectivity index (χ2n) is 5.00. The van der Waals surface area contributed by atoms with Crippen LogP contribution in [0, 0.1) is 23.0 Å². The van der Waals surface area contributed by atoms with E-state index in [0.717, 1.165) is 6.07 Å². The van der Waals surface area contributed by atoms with E-state index >= 15 is 0 Å². The van der Waals surface area contributed by atoms with Crippen molar-refractivity contribution in [2.24, 2.45) is 0 Å². The van der Waals surface area contributed by atoms with Gasteiger partial charge in [-0.25, -0.2) is 13.8 Å². The van der Waals surface area contributed by atoms with Crippen molar-refractivity contribution in [3.8, 4) is 11.8 Å². The van der Waals surface area contributed by atoms with E-state index in [4.69, 9.17) is 21.6 Å². The van der Waals surface area contributed by atoms with Crippen LogP contribution in [0.25, 0.3) is 11.0 Å². The van der Waals surface area contributed by atoms with Crippen molar-refractivity contribution in [1.82, 2.24) is 9.97 Å². The number of para-hydroxylation sites is 2. The zero-order valence-corrected chi connectivity index (χ0v) is 13.8. The maximum absolute atomic E-state index is 14.7. The molecule has 126 valence electrons. The highest BCUT2D eigenvalue weighted by atomic mass is 35.5. The molecule has 25 heavy (non-hydrogen) atoms. The monoisotopic (exact) mass is 360 g/mol. The maximum atomic E-state index is 14.7. The van der Waals surface area contributed by atoms with Gasteiger partial charge in [0.25, 0.3) is 0 Å². The minimum absolute atomic E-state index is 0.197. The SMILES string of the molecule is COc1c(F)c(N(CC#N)c2cnc3ccccc3n2)cc(F)c1Cl. The maximum Gasteiger partial charge on any atom is 0.190 e. The number of rotatable bonds is 4. The second kappa shape index (κ2) is 6.87. The van der Waals surface area contributed by atoms with E-state index in [9.17, 15) is 8.78 Å². The summed E-state index contributed by atoms with van der Waals surface area (Å²) in [6.45, 7) is -0.270. The molecule has 0 unspecified atom stereocenters. The minimum Gasteiger partial charge on any atom is -0.492 e. The molecule has 0 aliphatic heterocycles. The van der Waals surface area contributed by atoms with Crippen molar-refractivity contribution in [2.75, 3.05) is 18.6 Å². The third-order valence-corrected chi connectivity index (χ3v) is 3.89. The Kier molecular flexibility index (Phi) is 4.63. The minimum atomic E-state index is -0.890. The zero-order chi connectivity index (χ0) is 18.0. The summed E-state index contributed by atoms with van der Waals surface area (Å²) in [5, 5.41) is 8.63. The van der Waals surface area contributed by atoms with Gasteiger partial charge in [-0.05, 0) is 12.1 Å². The molecule has 3 rings (SSSR count). The van der Waals surface area contributed by atoms with Gasteiger partial charge in [0, 0.05) is 6.07 Å². The summed E-state index contributed by atoms with van der Waals surface area (Å²) in [6.07, 6.45) is 1.39. The number of aromatic nitrogens is 2. The van der Waals surface area contributed by atoms with E-state index in [-0.39, 0.29) is 18.1 Å². The smallest absolute Gasteiger partial charge is 0.190 e. The molecule has 0 spiro atoms. The molecule has 3 aromatic rings. The van der Waals surface area contributed by atoms with Crippen molar-refractivity contribution in [3.63, 3.8) is 0 Å². The first-order chi connectivity index (χ1) is 12.1. The standard InChI is InChI=1S/C17H11ClF2N4O/c1-25-17-15(18)10(19)8-13(16(17)20)24(7-6-21)14-9-22-11-4-2-3-5-12(11)23-14/h2-5,8-9H,7H2,1H3. The first kappa shape index (κ1) is 16.9. The molecular weight excluding hydrogens is 350 g/mol. The quantitative estimate of drug-likeness (QED) is 0.514. The molecule has 0 saturated carbocycles. The van der Waals surface area contributed by atoms with E-state index in [1.54, 1.807) is 18.2 Å². The Bertz CT molecular complexity index is 990. The number of hydrogen-bond donors (Lipinski definition) is 0. The zero-order valence-electron chi connectivity index (χ0n) is 13.0. The summed E-state index contributed by atoms with van der Waals surface area (Å²) in [5.74, 6) is -2.00. The van der Waals surface area contributed by atoms with Crippen LogP contribution in [0.15, 0.2) is 36.5 Å². The number of fused-ring (bicyclic) bond motifs is 1. The largest absolute Gasteiger partial charge is 0.492 e. The first-order valence-electron chi connectivity index (χ1n) is 7.14. The Hall–Kier alpha value is -2.98. The van der Waals surface area contributed by atoms with Crippen LogP contribution in [0.3, 0.4) is 0 Å². The molecule has 0 aliphatic rings. The van der Waals surface area contributed by atoms with Gasteiger partial charge in [0.05, 0.1) is 36.1 Å². The molecule has 0 aliphatic carbocycles. The number of halogens is 3. The van der Waals surface area contributed by atoms with Gasteiger partial charge in [-0.1, -0.05) is 23.7 Å². The number of anilines is 2. The fraction of sp³-hybridized carbons (Fsp3) is 0.118. The normalized spacial score (nSPS) is 10.5. The lowest BCUT2D eigenvalue weighted by Crippen LogP contribution is -2.20. The van der Waals surface area contributed by atoms with Crippen molar-refractivity contribution in [2.45, 2.75) is 0 Å². The van der Waals surface area contributed by atoms with Gasteiger partial charge in [-0.3, -0.25) is 4.98 Å². The lowest BCUT2D eigenvalue weighted by atomic mass is 10.2. The van der Waals surface area contributed by atoms with Gasteiger partial charge in [0.1, 0.15) is 17.4 Å². The van der Waals surface area contributed by atoms with Crippen LogP contribution in [-0.2, 0) is 0 Å². The summed E-state index contributed by atoms with van der Waals surface area (Å²) in [4.78, 5) is 9.81. The summed E-state index contributed by atoms with van der Waals surface area (Å²) < 4.78 is 33.6. The van der Waals surface area contributed by atoms with E-state index < -0.39 is 22.4 Å². The van der Waals surface area contributed by atoms with Crippen molar-refractivity contribution >= 4 is 34.1 Å². The van der Waals surface area contributed by atoms with Gasteiger partial charge in [0.2, 0.25) is 0 Å². The Balaban J connectivity index is 2.19. The van der Waals surface area contributed by atoms with Gasteiger partial charge >= 0.3 is 0 Å². The third kappa shape index (κ3) is 3.04. The van der Waals surface area contributed by atoms with Gasteiger partial charge in [0.15, 0.2) is 17.4 Å². The summed E-state index contributed by atoms with van der Waals surface area (Å²) >= 11 is 5.72. The van der Waals surface area contributed by atoms with Crippen molar-refractivity contribution < 1.29 is 13.5 Å². The number of benzene rings is 2. The fourth-order valence-electron chi connectivity index (χ4n) is 2.38. The fourth-order valence-corrected chi connectivity index (χ4v) is 2.60. The summed E-state index contributed by atoms with van der Waals surface area (Å²) in [6, 6.07) is 9.89. The lowest BCUT2D eigenvalue weighted by molar-refractivity contribution is 0.383. The van der Waals surface area contributed by atoms with Crippen LogP contribution in [-0.4, -0.2) is 23.6 Å². The Morgan fingerprint density at radius 3 is 2.68 bits per heavy atom. The Labute approximate surface area is 147 Å². The lowest BCUT2D eigenvalue weighted by Gasteiger charge is -2.22. The van der Waals surface area contributed by atoms with Gasteiger partial charge in [-0.2, -0.15) is 5.26 Å². The molecule has 1 heterocycles. The number of hydrogen-bond acceptors (Lipinski definition) is 5. The van der Waals surface area contributed by atoms with Crippen LogP contribution in [0.1, 0.15) is 0 Å². The van der Waals surface area contributed by atoms with Crippen LogP contribution in [0.5, 0.6) is 5.75 Å². The highest BCUT2D eigenvalue weighted by molar-refractivity contribution is 6.32. The highest BCUT2D eigenvalue weighted by Gasteiger charge is 2.24. The molecule has 2 aromatic carbocycles. The number of ether oxygens (including phenoxy) is 1. The molecule has 0 saturated heterocycles. The second-order valence-corrected chi connectivity index (χ2v) is 5.38. The van der Waals surface area contributed by atoms with E-state index in [2.05, 4.69) is 9.97 Å². The molecular formula is C17H11ClF2N4O. The van der Waals surface area contributed by atoms with Crippen LogP contribution in [0.2, 0.25) is 5.02 Å². The molecule has 0 radical (unpaired) electrons. The van der Waals surface area contributed by atoms with E-state index in [1.165, 1.54) is 18.2 Å². The molecule has 0 atom stereocenters. The van der Waals surface area contributed by atoms with Crippen LogP contribution >= 0.6 is 11.6 Å². The molecule has 0 N–H and O–H groups in total. The van der Waals surface area contributed by atoms with Crippen LogP contribution < -0.4 is 9.64 Å². The third-order valence-electron chi connectivity index (χ3n) is 3.53. The average Bonchev–Trinajstić information content (AvgIpc) is 2.63. The van der Waals surface area contributed by atoms with E-state index in [0.29, 0.717) is 11.0 Å². The number of nitriles is 1. The topological polar surface area (TPSA) is 62.0 Å². The molecule has 0 fully saturated rings.